The van der Waals surface area contributed by atoms with Gasteiger partial charge >= 0.3 is 0 Å². The monoisotopic (exact) mass is 194 g/mol. The highest BCUT2D eigenvalue weighted by Gasteiger charge is 2.13. The summed E-state index contributed by atoms with van der Waals surface area (Å²) in [5, 5.41) is 0. The van der Waals surface area contributed by atoms with Crippen LogP contribution in [0.4, 0.5) is 4.39 Å². The molecule has 0 aliphatic carbocycles. The van der Waals surface area contributed by atoms with Crippen molar-refractivity contribution in [1.82, 2.24) is 0 Å². The van der Waals surface area contributed by atoms with E-state index in [1.165, 1.54) is 0 Å². The van der Waals surface area contributed by atoms with Crippen LogP contribution in [-0.2, 0) is 0 Å². The van der Waals surface area contributed by atoms with E-state index in [9.17, 15) is 4.39 Å². The van der Waals surface area contributed by atoms with Crippen molar-refractivity contribution >= 4 is 0 Å². The first-order valence-corrected chi connectivity index (χ1v) is 5.24. The van der Waals surface area contributed by atoms with Crippen LogP contribution >= 0.6 is 0 Å². The third-order valence-electron chi connectivity index (χ3n) is 2.70. The van der Waals surface area contributed by atoms with Gasteiger partial charge in [-0.1, -0.05) is 39.8 Å². The summed E-state index contributed by atoms with van der Waals surface area (Å²) in [6.07, 6.45) is 0. The topological polar surface area (TPSA) is 0 Å². The predicted molar refractivity (Wildman–Crippen MR) is 59.3 cm³/mol. The molecule has 0 bridgehead atoms. The lowest BCUT2D eigenvalue weighted by atomic mass is 9.92. The first kappa shape index (κ1) is 11.2. The average molecular weight is 194 g/mol. The smallest absolute Gasteiger partial charge is 0.129 e. The van der Waals surface area contributed by atoms with Gasteiger partial charge in [-0.15, -0.1) is 0 Å². The molecule has 0 spiro atoms. The number of hydrogen-bond donors (Lipinski definition) is 0. The minimum absolute atomic E-state index is 0.0220. The number of halogens is 1. The van der Waals surface area contributed by atoms with Crippen molar-refractivity contribution in [3.8, 4) is 0 Å². The molecule has 1 heteroatoms. The number of hydrogen-bond acceptors (Lipinski definition) is 0. The summed E-state index contributed by atoms with van der Waals surface area (Å²) in [5.41, 5.74) is 2.75. The van der Waals surface area contributed by atoms with Crippen molar-refractivity contribution in [1.29, 1.82) is 0 Å². The lowest BCUT2D eigenvalue weighted by Gasteiger charge is -2.15. The van der Waals surface area contributed by atoms with Crippen LogP contribution in [0.5, 0.6) is 0 Å². The van der Waals surface area contributed by atoms with E-state index in [-0.39, 0.29) is 11.7 Å². The minimum Gasteiger partial charge on any atom is -0.206 e. The molecule has 1 aromatic rings. The normalized spacial score (nSPS) is 11.4. The third-order valence-corrected chi connectivity index (χ3v) is 2.70. The quantitative estimate of drug-likeness (QED) is 0.655. The van der Waals surface area contributed by atoms with Gasteiger partial charge in [-0.2, -0.15) is 0 Å². The molecule has 0 unspecified atom stereocenters. The zero-order chi connectivity index (χ0) is 10.9. The molecule has 0 aliphatic heterocycles. The first-order chi connectivity index (χ1) is 6.45. The zero-order valence-corrected chi connectivity index (χ0v) is 9.69. The number of benzene rings is 1. The Morgan fingerprint density at radius 3 is 1.79 bits per heavy atom. The lowest BCUT2D eigenvalue weighted by Crippen LogP contribution is -2.01. The van der Waals surface area contributed by atoms with Crippen LogP contribution in [0, 0.1) is 12.7 Å². The van der Waals surface area contributed by atoms with E-state index < -0.39 is 0 Å². The molecule has 0 atom stereocenters. The second kappa shape index (κ2) is 4.12. The van der Waals surface area contributed by atoms with Crippen molar-refractivity contribution in [2.75, 3.05) is 0 Å². The molecule has 0 aromatic heterocycles. The Morgan fingerprint density at radius 2 is 1.36 bits per heavy atom. The Hall–Kier alpha value is -0.850. The largest absolute Gasteiger partial charge is 0.206 e. The molecule has 1 aromatic carbocycles. The fourth-order valence-electron chi connectivity index (χ4n) is 1.79. The summed E-state index contributed by atoms with van der Waals surface area (Å²) in [6.45, 7) is 10.1. The van der Waals surface area contributed by atoms with Gasteiger partial charge in [-0.3, -0.25) is 0 Å². The van der Waals surface area contributed by atoms with Gasteiger partial charge in [0.2, 0.25) is 0 Å². The molecule has 0 saturated carbocycles. The molecule has 0 nitrogen and oxygen atoms in total. The Kier molecular flexibility index (Phi) is 3.30. The van der Waals surface area contributed by atoms with E-state index in [1.807, 2.05) is 26.8 Å². The molecule has 0 N–H and O–H groups in total. The Balaban J connectivity index is 3.26. The van der Waals surface area contributed by atoms with Crippen LogP contribution in [0.25, 0.3) is 0 Å². The van der Waals surface area contributed by atoms with Crippen LogP contribution in [-0.4, -0.2) is 0 Å². The molecule has 0 radical (unpaired) electrons. The summed E-state index contributed by atoms with van der Waals surface area (Å²) < 4.78 is 13.9. The molecule has 14 heavy (non-hydrogen) atoms. The molecular formula is C13H19F. The summed E-state index contributed by atoms with van der Waals surface area (Å²) >= 11 is 0. The number of rotatable bonds is 2. The zero-order valence-electron chi connectivity index (χ0n) is 9.69. The van der Waals surface area contributed by atoms with E-state index in [0.717, 1.165) is 16.7 Å². The highest BCUT2D eigenvalue weighted by molar-refractivity contribution is 5.36. The van der Waals surface area contributed by atoms with Crippen molar-refractivity contribution in [3.63, 3.8) is 0 Å². The van der Waals surface area contributed by atoms with Gasteiger partial charge in [0.15, 0.2) is 0 Å². The van der Waals surface area contributed by atoms with Gasteiger partial charge < -0.3 is 0 Å². The van der Waals surface area contributed by atoms with Crippen LogP contribution in [0.3, 0.4) is 0 Å². The van der Waals surface area contributed by atoms with E-state index in [2.05, 4.69) is 19.9 Å². The van der Waals surface area contributed by atoms with Crippen LogP contribution < -0.4 is 0 Å². The van der Waals surface area contributed by atoms with Gasteiger partial charge in [0, 0.05) is 0 Å². The maximum absolute atomic E-state index is 13.9. The van der Waals surface area contributed by atoms with Crippen molar-refractivity contribution in [2.24, 2.45) is 0 Å². The lowest BCUT2D eigenvalue weighted by molar-refractivity contribution is 0.584. The molecule has 0 heterocycles. The fraction of sp³-hybridized carbons (Fsp3) is 0.538. The van der Waals surface area contributed by atoms with Gasteiger partial charge in [0.1, 0.15) is 5.82 Å². The minimum atomic E-state index is -0.0220. The standard InChI is InChI=1S/C13H19F/c1-8(2)11-6-7-12(9(3)4)13(14)10(11)5/h6-9H,1-5H3. The Morgan fingerprint density at radius 1 is 0.929 bits per heavy atom. The Bertz CT molecular complexity index is 291. The molecule has 1 rings (SSSR count). The van der Waals surface area contributed by atoms with Crippen LogP contribution in [0.15, 0.2) is 12.1 Å². The first-order valence-electron chi connectivity index (χ1n) is 5.24. The molecule has 0 fully saturated rings. The molecule has 0 aliphatic rings. The van der Waals surface area contributed by atoms with Gasteiger partial charge in [0.05, 0.1) is 0 Å². The molecule has 78 valence electrons. The summed E-state index contributed by atoms with van der Waals surface area (Å²) in [5.74, 6) is 0.631. The van der Waals surface area contributed by atoms with E-state index in [1.54, 1.807) is 0 Å². The molecule has 0 amide bonds. The fourth-order valence-corrected chi connectivity index (χ4v) is 1.79. The predicted octanol–water partition coefficient (Wildman–Crippen LogP) is 4.38. The summed E-state index contributed by atoms with van der Waals surface area (Å²) in [7, 11) is 0. The summed E-state index contributed by atoms with van der Waals surface area (Å²) in [4.78, 5) is 0. The second-order valence-electron chi connectivity index (χ2n) is 4.49. The van der Waals surface area contributed by atoms with Gasteiger partial charge in [0.25, 0.3) is 0 Å². The van der Waals surface area contributed by atoms with Gasteiger partial charge in [-0.25, -0.2) is 4.39 Å². The molecular weight excluding hydrogens is 175 g/mol. The van der Waals surface area contributed by atoms with Crippen molar-refractivity contribution in [2.45, 2.75) is 46.5 Å². The average Bonchev–Trinajstić information content (AvgIpc) is 2.08. The SMILES string of the molecule is Cc1c(C(C)C)ccc(C(C)C)c1F. The Labute approximate surface area is 86.2 Å². The van der Waals surface area contributed by atoms with Crippen molar-refractivity contribution < 1.29 is 4.39 Å². The van der Waals surface area contributed by atoms with E-state index in [4.69, 9.17) is 0 Å². The van der Waals surface area contributed by atoms with Gasteiger partial charge in [-0.05, 0) is 35.4 Å². The maximum atomic E-state index is 13.9. The second-order valence-corrected chi connectivity index (χ2v) is 4.49. The van der Waals surface area contributed by atoms with E-state index >= 15 is 0 Å². The maximum Gasteiger partial charge on any atom is 0.129 e. The van der Waals surface area contributed by atoms with E-state index in [0.29, 0.717) is 5.92 Å². The summed E-state index contributed by atoms with van der Waals surface area (Å²) in [6, 6.07) is 3.97. The highest BCUT2D eigenvalue weighted by atomic mass is 19.1. The highest BCUT2D eigenvalue weighted by Crippen LogP contribution is 2.27. The molecule has 0 saturated heterocycles. The van der Waals surface area contributed by atoms with Crippen molar-refractivity contribution in [3.05, 3.63) is 34.6 Å². The third kappa shape index (κ3) is 1.97. The van der Waals surface area contributed by atoms with Crippen LogP contribution in [0.2, 0.25) is 0 Å². The van der Waals surface area contributed by atoms with Crippen LogP contribution in [0.1, 0.15) is 56.2 Å².